The van der Waals surface area contributed by atoms with Crippen molar-refractivity contribution >= 4 is 0 Å². The molecule has 1 atom stereocenters. The first-order valence-corrected chi connectivity index (χ1v) is 7.88. The number of aromatic nitrogens is 2. The van der Waals surface area contributed by atoms with Crippen molar-refractivity contribution in [3.63, 3.8) is 0 Å². The molecule has 4 nitrogen and oxygen atoms in total. The standard InChI is InChI=1S/C16H32N4/c1-6-9-19(13-16(4,5)12-17)11-15-8-10-20(18-15)14(3)7-2/h8,10,14H,6-7,9,11-13,17H2,1-5H3. The first-order valence-electron chi connectivity index (χ1n) is 7.88. The van der Waals surface area contributed by atoms with E-state index in [2.05, 4.69) is 56.5 Å². The lowest BCUT2D eigenvalue weighted by Gasteiger charge is -2.31. The fourth-order valence-corrected chi connectivity index (χ4v) is 2.32. The van der Waals surface area contributed by atoms with Crippen molar-refractivity contribution < 1.29 is 0 Å². The van der Waals surface area contributed by atoms with Crippen molar-refractivity contribution in [3.8, 4) is 0 Å². The molecular formula is C16H32N4. The van der Waals surface area contributed by atoms with Crippen LogP contribution in [-0.2, 0) is 6.54 Å². The van der Waals surface area contributed by atoms with Gasteiger partial charge in [0, 0.05) is 25.3 Å². The fourth-order valence-electron chi connectivity index (χ4n) is 2.32. The number of rotatable bonds is 9. The SMILES string of the molecule is CCCN(Cc1ccn(C(C)CC)n1)CC(C)(C)CN. The third kappa shape index (κ3) is 5.25. The second-order valence-corrected chi connectivity index (χ2v) is 6.62. The van der Waals surface area contributed by atoms with E-state index in [9.17, 15) is 0 Å². The lowest BCUT2D eigenvalue weighted by Crippen LogP contribution is -2.38. The van der Waals surface area contributed by atoms with Crippen LogP contribution in [0.25, 0.3) is 0 Å². The van der Waals surface area contributed by atoms with Crippen LogP contribution in [0.5, 0.6) is 0 Å². The molecule has 1 unspecified atom stereocenters. The monoisotopic (exact) mass is 280 g/mol. The van der Waals surface area contributed by atoms with Crippen LogP contribution >= 0.6 is 0 Å². The highest BCUT2D eigenvalue weighted by atomic mass is 15.3. The molecule has 1 rings (SSSR count). The number of nitrogens with two attached hydrogens (primary N) is 1. The highest BCUT2D eigenvalue weighted by molar-refractivity contribution is 5.00. The smallest absolute Gasteiger partial charge is 0.0764 e. The average molecular weight is 280 g/mol. The molecule has 4 heteroatoms. The second kappa shape index (κ2) is 7.79. The highest BCUT2D eigenvalue weighted by Gasteiger charge is 2.20. The van der Waals surface area contributed by atoms with Gasteiger partial charge < -0.3 is 5.73 Å². The number of hydrogen-bond donors (Lipinski definition) is 1. The van der Waals surface area contributed by atoms with E-state index in [1.54, 1.807) is 0 Å². The van der Waals surface area contributed by atoms with Crippen molar-refractivity contribution in [2.75, 3.05) is 19.6 Å². The van der Waals surface area contributed by atoms with Crippen LogP contribution in [0.1, 0.15) is 59.2 Å². The molecule has 1 aromatic heterocycles. The quantitative estimate of drug-likeness (QED) is 0.756. The maximum atomic E-state index is 5.86. The predicted molar refractivity (Wildman–Crippen MR) is 85.6 cm³/mol. The first-order chi connectivity index (χ1) is 9.41. The zero-order chi connectivity index (χ0) is 15.2. The molecule has 0 aromatic carbocycles. The van der Waals surface area contributed by atoms with Crippen LogP contribution in [0.2, 0.25) is 0 Å². The lowest BCUT2D eigenvalue weighted by atomic mass is 9.93. The van der Waals surface area contributed by atoms with Gasteiger partial charge in [0.2, 0.25) is 0 Å². The Morgan fingerprint density at radius 1 is 1.40 bits per heavy atom. The Bertz CT molecular complexity index is 384. The Hall–Kier alpha value is -0.870. The maximum absolute atomic E-state index is 5.86. The third-order valence-corrected chi connectivity index (χ3v) is 3.84. The van der Waals surface area contributed by atoms with Crippen LogP contribution in [0.3, 0.4) is 0 Å². The topological polar surface area (TPSA) is 47.1 Å². The van der Waals surface area contributed by atoms with Gasteiger partial charge in [-0.3, -0.25) is 9.58 Å². The molecule has 0 aliphatic carbocycles. The summed E-state index contributed by atoms with van der Waals surface area (Å²) in [5, 5.41) is 4.70. The molecule has 0 fully saturated rings. The highest BCUT2D eigenvalue weighted by Crippen LogP contribution is 2.17. The van der Waals surface area contributed by atoms with Gasteiger partial charge in [0.1, 0.15) is 0 Å². The van der Waals surface area contributed by atoms with Gasteiger partial charge in [0.15, 0.2) is 0 Å². The van der Waals surface area contributed by atoms with Crippen LogP contribution in [0, 0.1) is 5.41 Å². The molecule has 116 valence electrons. The molecular weight excluding hydrogens is 248 g/mol. The fraction of sp³-hybridized carbons (Fsp3) is 0.812. The van der Waals surface area contributed by atoms with Gasteiger partial charge in [-0.15, -0.1) is 0 Å². The van der Waals surface area contributed by atoms with Crippen molar-refractivity contribution in [3.05, 3.63) is 18.0 Å². The van der Waals surface area contributed by atoms with E-state index in [1.807, 2.05) is 0 Å². The van der Waals surface area contributed by atoms with Crippen molar-refractivity contribution in [2.24, 2.45) is 11.1 Å². The van der Waals surface area contributed by atoms with Gasteiger partial charge in [-0.25, -0.2) is 0 Å². The Balaban J connectivity index is 2.68. The van der Waals surface area contributed by atoms with Gasteiger partial charge in [-0.1, -0.05) is 27.7 Å². The minimum Gasteiger partial charge on any atom is -0.330 e. The average Bonchev–Trinajstić information content (AvgIpc) is 2.86. The summed E-state index contributed by atoms with van der Waals surface area (Å²) in [6, 6.07) is 2.62. The minimum atomic E-state index is 0.161. The summed E-state index contributed by atoms with van der Waals surface area (Å²) >= 11 is 0. The molecule has 1 heterocycles. The number of hydrogen-bond acceptors (Lipinski definition) is 3. The van der Waals surface area contributed by atoms with Crippen molar-refractivity contribution in [2.45, 2.75) is 60.0 Å². The second-order valence-electron chi connectivity index (χ2n) is 6.62. The zero-order valence-corrected chi connectivity index (χ0v) is 13.9. The molecule has 0 saturated carbocycles. The summed E-state index contributed by atoms with van der Waals surface area (Å²) in [5.41, 5.74) is 7.18. The molecule has 20 heavy (non-hydrogen) atoms. The molecule has 0 bridgehead atoms. The van der Waals surface area contributed by atoms with E-state index in [1.165, 1.54) is 0 Å². The molecule has 0 saturated heterocycles. The van der Waals surface area contributed by atoms with Crippen LogP contribution in [-0.4, -0.2) is 34.3 Å². The largest absolute Gasteiger partial charge is 0.330 e. The van der Waals surface area contributed by atoms with Gasteiger partial charge in [-0.05, 0) is 44.3 Å². The minimum absolute atomic E-state index is 0.161. The van der Waals surface area contributed by atoms with Crippen molar-refractivity contribution in [1.82, 2.24) is 14.7 Å². The summed E-state index contributed by atoms with van der Waals surface area (Å²) in [6.45, 7) is 14.8. The molecule has 2 N–H and O–H groups in total. The zero-order valence-electron chi connectivity index (χ0n) is 13.9. The van der Waals surface area contributed by atoms with E-state index in [0.717, 1.165) is 38.2 Å². The molecule has 0 aliphatic heterocycles. The summed E-state index contributed by atoms with van der Waals surface area (Å²) < 4.78 is 2.08. The predicted octanol–water partition coefficient (Wildman–Crippen LogP) is 3.05. The third-order valence-electron chi connectivity index (χ3n) is 3.84. The molecule has 0 spiro atoms. The first kappa shape index (κ1) is 17.2. The Kier molecular flexibility index (Phi) is 6.69. The van der Waals surface area contributed by atoms with E-state index in [-0.39, 0.29) is 5.41 Å². The van der Waals surface area contributed by atoms with Gasteiger partial charge in [0.25, 0.3) is 0 Å². The Labute approximate surface area is 124 Å². The van der Waals surface area contributed by atoms with Crippen LogP contribution < -0.4 is 5.73 Å². The molecule has 1 aromatic rings. The molecule has 0 amide bonds. The number of nitrogens with zero attached hydrogens (tertiary/aromatic N) is 3. The van der Waals surface area contributed by atoms with Gasteiger partial charge in [-0.2, -0.15) is 5.10 Å². The van der Waals surface area contributed by atoms with Gasteiger partial charge >= 0.3 is 0 Å². The Morgan fingerprint density at radius 3 is 2.65 bits per heavy atom. The van der Waals surface area contributed by atoms with E-state index >= 15 is 0 Å². The maximum Gasteiger partial charge on any atom is 0.0764 e. The molecule has 0 radical (unpaired) electrons. The molecule has 0 aliphatic rings. The van der Waals surface area contributed by atoms with Crippen molar-refractivity contribution in [1.29, 1.82) is 0 Å². The van der Waals surface area contributed by atoms with Crippen LogP contribution in [0.4, 0.5) is 0 Å². The summed E-state index contributed by atoms with van der Waals surface area (Å²) in [7, 11) is 0. The van der Waals surface area contributed by atoms with E-state index in [4.69, 9.17) is 10.8 Å². The van der Waals surface area contributed by atoms with E-state index in [0.29, 0.717) is 12.6 Å². The van der Waals surface area contributed by atoms with Gasteiger partial charge in [0.05, 0.1) is 5.69 Å². The summed E-state index contributed by atoms with van der Waals surface area (Å²) in [5.74, 6) is 0. The van der Waals surface area contributed by atoms with Crippen LogP contribution in [0.15, 0.2) is 12.3 Å². The summed E-state index contributed by atoms with van der Waals surface area (Å²) in [4.78, 5) is 2.47. The lowest BCUT2D eigenvalue weighted by molar-refractivity contribution is 0.173. The summed E-state index contributed by atoms with van der Waals surface area (Å²) in [6.07, 6.45) is 4.37. The van der Waals surface area contributed by atoms with E-state index < -0.39 is 0 Å². The normalized spacial score (nSPS) is 13.9. The Morgan fingerprint density at radius 2 is 2.10 bits per heavy atom.